The molecule has 1 aliphatic heterocycles. The first-order valence-corrected chi connectivity index (χ1v) is 11.5. The third-order valence-corrected chi connectivity index (χ3v) is 7.33. The summed E-state index contributed by atoms with van der Waals surface area (Å²) in [6, 6.07) is 12.3. The van der Waals surface area contributed by atoms with Crippen LogP contribution in [0.2, 0.25) is 0 Å². The van der Waals surface area contributed by atoms with Crippen LogP contribution in [0, 0.1) is 5.82 Å². The number of sulfonamides is 1. The Morgan fingerprint density at radius 2 is 1.80 bits per heavy atom. The summed E-state index contributed by atoms with van der Waals surface area (Å²) in [5.41, 5.74) is 0.856. The van der Waals surface area contributed by atoms with Crippen molar-refractivity contribution in [3.8, 4) is 0 Å². The van der Waals surface area contributed by atoms with Crippen LogP contribution in [-0.2, 0) is 10.0 Å². The number of hydrogen-bond acceptors (Lipinski definition) is 4. The third kappa shape index (κ3) is 5.06. The van der Waals surface area contributed by atoms with E-state index in [1.807, 2.05) is 19.0 Å². The summed E-state index contributed by atoms with van der Waals surface area (Å²) in [4.78, 5) is 14.8. The molecule has 8 heteroatoms. The van der Waals surface area contributed by atoms with E-state index in [1.54, 1.807) is 24.3 Å². The van der Waals surface area contributed by atoms with Crippen molar-refractivity contribution in [2.45, 2.75) is 30.2 Å². The summed E-state index contributed by atoms with van der Waals surface area (Å²) in [5, 5.41) is 2.83. The number of likely N-dealkylation sites (N-methyl/N-ethyl adjacent to an activating group) is 1. The number of nitrogens with zero attached hydrogens (tertiary/aromatic N) is 2. The monoisotopic (exact) mass is 433 g/mol. The summed E-state index contributed by atoms with van der Waals surface area (Å²) in [7, 11) is -0.0504. The number of amides is 1. The van der Waals surface area contributed by atoms with Gasteiger partial charge in [0.15, 0.2) is 0 Å². The lowest BCUT2D eigenvalue weighted by Gasteiger charge is -2.27. The SMILES string of the molecule is CN(C)C(CNC(=O)c1ccccc1S(=O)(=O)N1CCCCC1)c1cccc(F)c1. The zero-order valence-electron chi connectivity index (χ0n) is 17.3. The fourth-order valence-corrected chi connectivity index (χ4v) is 5.43. The molecule has 1 N–H and O–H groups in total. The molecular weight excluding hydrogens is 405 g/mol. The molecule has 30 heavy (non-hydrogen) atoms. The average Bonchev–Trinajstić information content (AvgIpc) is 2.74. The van der Waals surface area contributed by atoms with Gasteiger partial charge in [-0.2, -0.15) is 4.31 Å². The first-order valence-electron chi connectivity index (χ1n) is 10.1. The highest BCUT2D eigenvalue weighted by Gasteiger charge is 2.30. The molecule has 0 aromatic heterocycles. The molecule has 0 aliphatic carbocycles. The highest BCUT2D eigenvalue weighted by molar-refractivity contribution is 7.89. The van der Waals surface area contributed by atoms with Gasteiger partial charge >= 0.3 is 0 Å². The van der Waals surface area contributed by atoms with Crippen molar-refractivity contribution in [1.82, 2.24) is 14.5 Å². The van der Waals surface area contributed by atoms with E-state index < -0.39 is 15.9 Å². The number of nitrogens with one attached hydrogen (secondary N) is 1. The topological polar surface area (TPSA) is 69.7 Å². The lowest BCUT2D eigenvalue weighted by Crippen LogP contribution is -2.38. The van der Waals surface area contributed by atoms with E-state index in [2.05, 4.69) is 5.32 Å². The molecule has 0 bridgehead atoms. The molecule has 162 valence electrons. The Labute approximate surface area is 177 Å². The van der Waals surface area contributed by atoms with Gasteiger partial charge in [0.1, 0.15) is 5.82 Å². The molecule has 1 atom stereocenters. The summed E-state index contributed by atoms with van der Waals surface area (Å²) < 4.78 is 41.3. The minimum atomic E-state index is -3.74. The van der Waals surface area contributed by atoms with E-state index in [0.29, 0.717) is 13.1 Å². The van der Waals surface area contributed by atoms with Crippen molar-refractivity contribution in [1.29, 1.82) is 0 Å². The highest BCUT2D eigenvalue weighted by Crippen LogP contribution is 2.24. The number of piperidine rings is 1. The van der Waals surface area contributed by atoms with E-state index in [1.165, 1.54) is 28.6 Å². The van der Waals surface area contributed by atoms with E-state index in [0.717, 1.165) is 24.8 Å². The molecule has 6 nitrogen and oxygen atoms in total. The van der Waals surface area contributed by atoms with Gasteiger partial charge < -0.3 is 10.2 Å². The predicted octanol–water partition coefficient (Wildman–Crippen LogP) is 3.03. The second-order valence-electron chi connectivity index (χ2n) is 7.71. The number of carbonyl (C=O) groups is 1. The lowest BCUT2D eigenvalue weighted by atomic mass is 10.1. The van der Waals surface area contributed by atoms with E-state index in [9.17, 15) is 17.6 Å². The van der Waals surface area contributed by atoms with E-state index >= 15 is 0 Å². The van der Waals surface area contributed by atoms with E-state index in [-0.39, 0.29) is 28.9 Å². The van der Waals surface area contributed by atoms with Crippen LogP contribution in [0.4, 0.5) is 4.39 Å². The second kappa shape index (κ2) is 9.68. The third-order valence-electron chi connectivity index (χ3n) is 5.38. The van der Waals surface area contributed by atoms with E-state index in [4.69, 9.17) is 0 Å². The molecular formula is C22H28FN3O3S. The Bertz CT molecular complexity index is 989. The van der Waals surface area contributed by atoms with Gasteiger partial charge in [-0.25, -0.2) is 12.8 Å². The predicted molar refractivity (Wildman–Crippen MR) is 114 cm³/mol. The van der Waals surface area contributed by atoms with Gasteiger partial charge in [0, 0.05) is 19.6 Å². The van der Waals surface area contributed by atoms with Crippen molar-refractivity contribution < 1.29 is 17.6 Å². The smallest absolute Gasteiger partial charge is 0.252 e. The number of benzene rings is 2. The quantitative estimate of drug-likeness (QED) is 0.729. The zero-order valence-corrected chi connectivity index (χ0v) is 18.2. The lowest BCUT2D eigenvalue weighted by molar-refractivity contribution is 0.0938. The molecule has 3 rings (SSSR count). The van der Waals surface area contributed by atoms with Gasteiger partial charge in [-0.3, -0.25) is 4.79 Å². The van der Waals surface area contributed by atoms with Crippen LogP contribution in [0.25, 0.3) is 0 Å². The number of rotatable bonds is 7. The first-order chi connectivity index (χ1) is 14.3. The molecule has 0 saturated carbocycles. The molecule has 1 amide bonds. The zero-order chi connectivity index (χ0) is 21.7. The van der Waals surface area contributed by atoms with Crippen LogP contribution >= 0.6 is 0 Å². The summed E-state index contributed by atoms with van der Waals surface area (Å²) in [5.74, 6) is -0.807. The number of carbonyl (C=O) groups excluding carboxylic acids is 1. The average molecular weight is 434 g/mol. The van der Waals surface area contributed by atoms with Crippen LogP contribution in [-0.4, -0.2) is 57.3 Å². The summed E-state index contributed by atoms with van der Waals surface area (Å²) in [6.45, 7) is 1.16. The highest BCUT2D eigenvalue weighted by atomic mass is 32.2. The summed E-state index contributed by atoms with van der Waals surface area (Å²) >= 11 is 0. The van der Waals surface area contributed by atoms with Crippen LogP contribution in [0.15, 0.2) is 53.4 Å². The molecule has 2 aromatic rings. The second-order valence-corrected chi connectivity index (χ2v) is 9.61. The maximum Gasteiger partial charge on any atom is 0.252 e. The Kier molecular flexibility index (Phi) is 7.23. The maximum absolute atomic E-state index is 13.6. The molecule has 2 aromatic carbocycles. The van der Waals surface area contributed by atoms with Gasteiger partial charge in [-0.1, -0.05) is 30.7 Å². The van der Waals surface area contributed by atoms with Crippen LogP contribution in [0.3, 0.4) is 0 Å². The van der Waals surface area contributed by atoms with Gasteiger partial charge in [-0.05, 0) is 56.8 Å². The minimum absolute atomic E-state index is 0.0246. The molecule has 0 radical (unpaired) electrons. The van der Waals surface area contributed by atoms with Crippen molar-refractivity contribution in [3.63, 3.8) is 0 Å². The van der Waals surface area contributed by atoms with Gasteiger partial charge in [-0.15, -0.1) is 0 Å². The van der Waals surface area contributed by atoms with Gasteiger partial charge in [0.2, 0.25) is 10.0 Å². The van der Waals surface area contributed by atoms with Crippen LogP contribution in [0.1, 0.15) is 41.2 Å². The van der Waals surface area contributed by atoms with Crippen LogP contribution < -0.4 is 5.32 Å². The fraction of sp³-hybridized carbons (Fsp3) is 0.409. The fourth-order valence-electron chi connectivity index (χ4n) is 3.72. The van der Waals surface area contributed by atoms with Crippen molar-refractivity contribution >= 4 is 15.9 Å². The molecule has 1 unspecified atom stereocenters. The largest absolute Gasteiger partial charge is 0.350 e. The normalized spacial score (nSPS) is 16.4. The molecule has 1 heterocycles. The molecule has 1 aliphatic rings. The molecule has 1 saturated heterocycles. The molecule has 0 spiro atoms. The standard InChI is InChI=1S/C22H28FN3O3S/c1-25(2)20(17-9-8-10-18(23)15-17)16-24-22(27)19-11-4-5-12-21(19)30(28,29)26-13-6-3-7-14-26/h4-5,8-12,15,20H,3,6-7,13-14,16H2,1-2H3,(H,24,27). The molecule has 1 fully saturated rings. The minimum Gasteiger partial charge on any atom is -0.350 e. The van der Waals surface area contributed by atoms with Crippen molar-refractivity contribution in [2.24, 2.45) is 0 Å². The Hall–Kier alpha value is -2.29. The number of halogens is 1. The first kappa shape index (κ1) is 22.4. The number of hydrogen-bond donors (Lipinski definition) is 1. The van der Waals surface area contributed by atoms with Crippen molar-refractivity contribution in [2.75, 3.05) is 33.7 Å². The summed E-state index contributed by atoms with van der Waals surface area (Å²) in [6.07, 6.45) is 2.66. The Morgan fingerprint density at radius 3 is 2.47 bits per heavy atom. The Morgan fingerprint density at radius 1 is 1.10 bits per heavy atom. The van der Waals surface area contributed by atoms with Gasteiger partial charge in [0.05, 0.1) is 16.5 Å². The van der Waals surface area contributed by atoms with Crippen molar-refractivity contribution in [3.05, 3.63) is 65.5 Å². The maximum atomic E-state index is 13.6. The van der Waals surface area contributed by atoms with Gasteiger partial charge in [0.25, 0.3) is 5.91 Å². The Balaban J connectivity index is 1.80. The van der Waals surface area contributed by atoms with Crippen LogP contribution in [0.5, 0.6) is 0 Å².